The van der Waals surface area contributed by atoms with Crippen molar-refractivity contribution in [1.82, 2.24) is 4.90 Å². The van der Waals surface area contributed by atoms with E-state index in [1.807, 2.05) is 0 Å². The minimum Gasteiger partial charge on any atom is -0.383 e. The van der Waals surface area contributed by atoms with Crippen LogP contribution in [0.3, 0.4) is 0 Å². The Morgan fingerprint density at radius 2 is 2.23 bits per heavy atom. The van der Waals surface area contributed by atoms with Crippen molar-refractivity contribution in [2.24, 2.45) is 5.73 Å². The molecule has 1 rings (SSSR count). The largest absolute Gasteiger partial charge is 0.383 e. The molecule has 0 aromatic rings. The molecule has 78 valence electrons. The first-order valence-electron chi connectivity index (χ1n) is 5.06. The number of nitrogens with two attached hydrogens (primary N) is 1. The Bertz CT molecular complexity index is 159. The van der Waals surface area contributed by atoms with Crippen LogP contribution in [0.1, 0.15) is 26.7 Å². The number of hydrogen-bond acceptors (Lipinski definition) is 3. The van der Waals surface area contributed by atoms with Crippen molar-refractivity contribution in [2.45, 2.75) is 38.3 Å². The third kappa shape index (κ3) is 2.93. The standard InChI is InChI=1S/C10H22N2O/c1-10(2)5-4-6-12(10)7-9(11)8-13-3/h9H,4-8,11H2,1-3H3. The normalized spacial score (nSPS) is 24.9. The Morgan fingerprint density at radius 1 is 1.54 bits per heavy atom. The fraction of sp³-hybridized carbons (Fsp3) is 1.00. The molecule has 0 spiro atoms. The van der Waals surface area contributed by atoms with Crippen LogP contribution in [0, 0.1) is 0 Å². The third-order valence-corrected chi connectivity index (χ3v) is 2.91. The van der Waals surface area contributed by atoms with Crippen LogP contribution >= 0.6 is 0 Å². The first kappa shape index (κ1) is 11.0. The Morgan fingerprint density at radius 3 is 2.69 bits per heavy atom. The zero-order valence-corrected chi connectivity index (χ0v) is 9.05. The highest BCUT2D eigenvalue weighted by Gasteiger charge is 2.32. The predicted octanol–water partition coefficient (Wildman–Crippen LogP) is 0.834. The Kier molecular flexibility index (Phi) is 3.71. The van der Waals surface area contributed by atoms with Crippen molar-refractivity contribution >= 4 is 0 Å². The highest BCUT2D eigenvalue weighted by atomic mass is 16.5. The van der Waals surface area contributed by atoms with Gasteiger partial charge in [0.2, 0.25) is 0 Å². The summed E-state index contributed by atoms with van der Waals surface area (Å²) in [7, 11) is 1.70. The van der Waals surface area contributed by atoms with Gasteiger partial charge in [-0.25, -0.2) is 0 Å². The SMILES string of the molecule is COCC(N)CN1CCCC1(C)C. The van der Waals surface area contributed by atoms with E-state index in [4.69, 9.17) is 10.5 Å². The first-order chi connectivity index (χ1) is 6.06. The van der Waals surface area contributed by atoms with Gasteiger partial charge in [0.1, 0.15) is 0 Å². The van der Waals surface area contributed by atoms with Crippen LogP contribution in [-0.4, -0.2) is 43.3 Å². The minimum absolute atomic E-state index is 0.155. The summed E-state index contributed by atoms with van der Waals surface area (Å²) < 4.78 is 5.03. The summed E-state index contributed by atoms with van der Waals surface area (Å²) in [6.07, 6.45) is 2.58. The molecule has 13 heavy (non-hydrogen) atoms. The van der Waals surface area contributed by atoms with E-state index >= 15 is 0 Å². The van der Waals surface area contributed by atoms with Crippen LogP contribution in [-0.2, 0) is 4.74 Å². The van der Waals surface area contributed by atoms with Gasteiger partial charge in [-0.05, 0) is 33.2 Å². The molecule has 3 heteroatoms. The molecule has 0 aromatic heterocycles. The van der Waals surface area contributed by atoms with Crippen molar-refractivity contribution in [3.63, 3.8) is 0 Å². The number of nitrogens with zero attached hydrogens (tertiary/aromatic N) is 1. The number of ether oxygens (including phenoxy) is 1. The van der Waals surface area contributed by atoms with Crippen molar-refractivity contribution in [3.8, 4) is 0 Å². The summed E-state index contributed by atoms with van der Waals surface area (Å²) in [5, 5.41) is 0. The lowest BCUT2D eigenvalue weighted by molar-refractivity contribution is 0.122. The molecular formula is C10H22N2O. The van der Waals surface area contributed by atoms with Crippen LogP contribution in [0.2, 0.25) is 0 Å². The van der Waals surface area contributed by atoms with Gasteiger partial charge in [-0.15, -0.1) is 0 Å². The fourth-order valence-electron chi connectivity index (χ4n) is 2.05. The van der Waals surface area contributed by atoms with E-state index in [9.17, 15) is 0 Å². The molecule has 0 bridgehead atoms. The predicted molar refractivity (Wildman–Crippen MR) is 54.7 cm³/mol. The van der Waals surface area contributed by atoms with Crippen molar-refractivity contribution in [3.05, 3.63) is 0 Å². The topological polar surface area (TPSA) is 38.5 Å². The van der Waals surface area contributed by atoms with Crippen LogP contribution in [0.25, 0.3) is 0 Å². The molecule has 1 atom stereocenters. The highest BCUT2D eigenvalue weighted by Crippen LogP contribution is 2.27. The molecule has 3 nitrogen and oxygen atoms in total. The van der Waals surface area contributed by atoms with E-state index in [1.54, 1.807) is 7.11 Å². The quantitative estimate of drug-likeness (QED) is 0.707. The van der Waals surface area contributed by atoms with Crippen LogP contribution in [0.4, 0.5) is 0 Å². The van der Waals surface area contributed by atoms with E-state index < -0.39 is 0 Å². The van der Waals surface area contributed by atoms with Gasteiger partial charge < -0.3 is 10.5 Å². The average Bonchev–Trinajstić information content (AvgIpc) is 2.31. The lowest BCUT2D eigenvalue weighted by atomic mass is 10.0. The number of methoxy groups -OCH3 is 1. The number of hydrogen-bond donors (Lipinski definition) is 1. The van der Waals surface area contributed by atoms with Gasteiger partial charge in [0.05, 0.1) is 6.61 Å². The van der Waals surface area contributed by atoms with Gasteiger partial charge in [-0.2, -0.15) is 0 Å². The molecule has 0 aromatic carbocycles. The first-order valence-corrected chi connectivity index (χ1v) is 5.06. The number of likely N-dealkylation sites (tertiary alicyclic amines) is 1. The summed E-state index contributed by atoms with van der Waals surface area (Å²) >= 11 is 0. The zero-order valence-electron chi connectivity index (χ0n) is 9.05. The third-order valence-electron chi connectivity index (χ3n) is 2.91. The summed E-state index contributed by atoms with van der Waals surface area (Å²) in [5.41, 5.74) is 6.26. The summed E-state index contributed by atoms with van der Waals surface area (Å²) in [4.78, 5) is 2.47. The molecule has 0 aliphatic carbocycles. The second-order valence-electron chi connectivity index (χ2n) is 4.58. The second kappa shape index (κ2) is 4.40. The van der Waals surface area contributed by atoms with Gasteiger partial charge in [0.15, 0.2) is 0 Å². The Labute approximate surface area is 81.2 Å². The van der Waals surface area contributed by atoms with Crippen LogP contribution in [0.15, 0.2) is 0 Å². The number of rotatable bonds is 4. The molecule has 0 radical (unpaired) electrons. The summed E-state index contributed by atoms with van der Waals surface area (Å²) in [6, 6.07) is 0.155. The van der Waals surface area contributed by atoms with Gasteiger partial charge in [0.25, 0.3) is 0 Å². The van der Waals surface area contributed by atoms with Crippen LogP contribution < -0.4 is 5.73 Å². The van der Waals surface area contributed by atoms with E-state index in [0.717, 1.165) is 6.54 Å². The van der Waals surface area contributed by atoms with E-state index in [1.165, 1.54) is 19.4 Å². The maximum Gasteiger partial charge on any atom is 0.0626 e. The lowest BCUT2D eigenvalue weighted by Crippen LogP contribution is -2.46. The molecule has 0 saturated carbocycles. The molecule has 0 amide bonds. The van der Waals surface area contributed by atoms with Crippen molar-refractivity contribution in [2.75, 3.05) is 26.8 Å². The lowest BCUT2D eigenvalue weighted by Gasteiger charge is -2.33. The molecule has 1 unspecified atom stereocenters. The smallest absolute Gasteiger partial charge is 0.0626 e. The second-order valence-corrected chi connectivity index (χ2v) is 4.58. The molecule has 1 heterocycles. The Balaban J connectivity index is 2.35. The average molecular weight is 186 g/mol. The highest BCUT2D eigenvalue weighted by molar-refractivity contribution is 4.89. The monoisotopic (exact) mass is 186 g/mol. The fourth-order valence-corrected chi connectivity index (χ4v) is 2.05. The zero-order chi connectivity index (χ0) is 9.90. The van der Waals surface area contributed by atoms with Crippen molar-refractivity contribution in [1.29, 1.82) is 0 Å². The van der Waals surface area contributed by atoms with Crippen molar-refractivity contribution < 1.29 is 4.74 Å². The van der Waals surface area contributed by atoms with Gasteiger partial charge in [0, 0.05) is 25.2 Å². The molecule has 1 saturated heterocycles. The van der Waals surface area contributed by atoms with Crippen LogP contribution in [0.5, 0.6) is 0 Å². The summed E-state index contributed by atoms with van der Waals surface area (Å²) in [6.45, 7) is 7.39. The molecule has 2 N–H and O–H groups in total. The Hall–Kier alpha value is -0.120. The molecular weight excluding hydrogens is 164 g/mol. The van der Waals surface area contributed by atoms with Gasteiger partial charge in [-0.3, -0.25) is 4.90 Å². The van der Waals surface area contributed by atoms with E-state index in [2.05, 4.69) is 18.7 Å². The summed E-state index contributed by atoms with van der Waals surface area (Å²) in [5.74, 6) is 0. The van der Waals surface area contributed by atoms with E-state index in [-0.39, 0.29) is 6.04 Å². The molecule has 1 aliphatic heterocycles. The maximum absolute atomic E-state index is 5.92. The minimum atomic E-state index is 0.155. The van der Waals surface area contributed by atoms with E-state index in [0.29, 0.717) is 12.1 Å². The van der Waals surface area contributed by atoms with Gasteiger partial charge >= 0.3 is 0 Å². The van der Waals surface area contributed by atoms with Gasteiger partial charge in [-0.1, -0.05) is 0 Å². The maximum atomic E-state index is 5.92. The molecule has 1 aliphatic rings. The molecule has 1 fully saturated rings.